The molecule has 0 radical (unpaired) electrons. The summed E-state index contributed by atoms with van der Waals surface area (Å²) >= 11 is 0. The molecule has 0 aliphatic carbocycles. The van der Waals surface area contributed by atoms with E-state index in [2.05, 4.69) is 4.98 Å². The van der Waals surface area contributed by atoms with Crippen LogP contribution in [0.1, 0.15) is 35.9 Å². The number of aromatic amines is 1. The number of H-pyrrole nitrogens is 1. The predicted molar refractivity (Wildman–Crippen MR) is 78.6 cm³/mol. The molecule has 4 nitrogen and oxygen atoms in total. The van der Waals surface area contributed by atoms with Crippen molar-refractivity contribution in [1.82, 2.24) is 9.88 Å². The maximum atomic E-state index is 13.0. The van der Waals surface area contributed by atoms with Crippen LogP contribution in [0.3, 0.4) is 0 Å². The highest BCUT2D eigenvalue weighted by Gasteiger charge is 2.21. The van der Waals surface area contributed by atoms with Gasteiger partial charge in [-0.1, -0.05) is 18.2 Å². The third-order valence-corrected chi connectivity index (χ3v) is 3.42. The summed E-state index contributed by atoms with van der Waals surface area (Å²) in [4.78, 5) is 28.0. The second kappa shape index (κ2) is 6.35. The first-order valence-corrected chi connectivity index (χ1v) is 6.78. The number of nitrogens with one attached hydrogen (secondary N) is 1. The van der Waals surface area contributed by atoms with E-state index >= 15 is 0 Å². The van der Waals surface area contributed by atoms with Gasteiger partial charge in [0.15, 0.2) is 0 Å². The molecule has 21 heavy (non-hydrogen) atoms. The van der Waals surface area contributed by atoms with Crippen LogP contribution in [0.5, 0.6) is 0 Å². The normalized spacial score (nSPS) is 12.0. The summed E-state index contributed by atoms with van der Waals surface area (Å²) < 4.78 is 13.0. The third-order valence-electron chi connectivity index (χ3n) is 3.42. The van der Waals surface area contributed by atoms with E-state index in [1.807, 2.05) is 13.8 Å². The van der Waals surface area contributed by atoms with E-state index < -0.39 is 0 Å². The minimum atomic E-state index is -0.314. The van der Waals surface area contributed by atoms with Crippen LogP contribution in [0.25, 0.3) is 0 Å². The van der Waals surface area contributed by atoms with Crippen LogP contribution >= 0.6 is 0 Å². The lowest BCUT2D eigenvalue weighted by atomic mass is 10.1. The molecule has 1 amide bonds. The van der Waals surface area contributed by atoms with Crippen LogP contribution in [0.2, 0.25) is 0 Å². The number of hydrogen-bond acceptors (Lipinski definition) is 2. The number of carbonyl (C=O) groups excluding carboxylic acids is 1. The van der Waals surface area contributed by atoms with Crippen molar-refractivity contribution >= 4 is 5.91 Å². The molecule has 0 saturated carbocycles. The van der Waals surface area contributed by atoms with E-state index in [1.54, 1.807) is 29.2 Å². The molecule has 2 aromatic rings. The molecule has 5 heteroatoms. The topological polar surface area (TPSA) is 53.2 Å². The zero-order chi connectivity index (χ0) is 15.4. The summed E-state index contributed by atoms with van der Waals surface area (Å²) in [7, 11) is 0. The van der Waals surface area contributed by atoms with E-state index in [4.69, 9.17) is 0 Å². The van der Waals surface area contributed by atoms with Gasteiger partial charge in [0.05, 0.1) is 6.04 Å². The molecule has 1 aromatic carbocycles. The van der Waals surface area contributed by atoms with Gasteiger partial charge in [-0.3, -0.25) is 9.59 Å². The number of hydrogen-bond donors (Lipinski definition) is 1. The highest BCUT2D eigenvalue weighted by Crippen LogP contribution is 2.21. The monoisotopic (exact) mass is 288 g/mol. The van der Waals surface area contributed by atoms with E-state index in [0.29, 0.717) is 6.54 Å². The van der Waals surface area contributed by atoms with E-state index in [9.17, 15) is 14.0 Å². The summed E-state index contributed by atoms with van der Waals surface area (Å²) in [5.74, 6) is -0.570. The number of carbonyl (C=O) groups is 1. The molecule has 1 atom stereocenters. The molecule has 0 spiro atoms. The van der Waals surface area contributed by atoms with Gasteiger partial charge in [-0.05, 0) is 37.6 Å². The molecule has 1 N–H and O–H groups in total. The fraction of sp³-hybridized carbons (Fsp3) is 0.250. The van der Waals surface area contributed by atoms with Gasteiger partial charge >= 0.3 is 0 Å². The van der Waals surface area contributed by atoms with Crippen LogP contribution in [0.15, 0.2) is 47.3 Å². The Balaban J connectivity index is 2.28. The summed E-state index contributed by atoms with van der Waals surface area (Å²) in [5.41, 5.74) is 0.773. The van der Waals surface area contributed by atoms with Gasteiger partial charge < -0.3 is 9.88 Å². The van der Waals surface area contributed by atoms with Crippen molar-refractivity contribution in [3.8, 4) is 0 Å². The molecule has 0 bridgehead atoms. The summed E-state index contributed by atoms with van der Waals surface area (Å²) in [6.07, 6.45) is 0. The van der Waals surface area contributed by atoms with Crippen molar-refractivity contribution in [2.75, 3.05) is 6.54 Å². The third kappa shape index (κ3) is 3.37. The van der Waals surface area contributed by atoms with Gasteiger partial charge in [0, 0.05) is 12.6 Å². The number of halogens is 1. The molecular formula is C16H17FN2O2. The fourth-order valence-corrected chi connectivity index (χ4v) is 2.24. The standard InChI is InChI=1S/C16H17FN2O2/c1-3-19(11(2)12-7-9-13(17)10-8-12)16(21)14-5-4-6-15(20)18-14/h4-11H,3H2,1-2H3,(H,18,20). The average molecular weight is 288 g/mol. The van der Waals surface area contributed by atoms with Crippen molar-refractivity contribution in [3.63, 3.8) is 0 Å². The predicted octanol–water partition coefficient (Wildman–Crippen LogP) is 2.74. The van der Waals surface area contributed by atoms with Crippen molar-refractivity contribution in [2.45, 2.75) is 19.9 Å². The Morgan fingerprint density at radius 1 is 1.24 bits per heavy atom. The Labute approximate surface area is 122 Å². The van der Waals surface area contributed by atoms with Crippen LogP contribution in [-0.2, 0) is 0 Å². The first-order chi connectivity index (χ1) is 10.0. The minimum absolute atomic E-state index is 0.216. The Kier molecular flexibility index (Phi) is 4.52. The van der Waals surface area contributed by atoms with E-state index in [-0.39, 0.29) is 29.0 Å². The quantitative estimate of drug-likeness (QED) is 0.940. The summed E-state index contributed by atoms with van der Waals surface area (Å²) in [6.45, 7) is 4.21. The zero-order valence-electron chi connectivity index (χ0n) is 12.0. The van der Waals surface area contributed by atoms with Gasteiger partial charge in [0.1, 0.15) is 11.5 Å². The fourth-order valence-electron chi connectivity index (χ4n) is 2.24. The van der Waals surface area contributed by atoms with E-state index in [1.165, 1.54) is 18.2 Å². The smallest absolute Gasteiger partial charge is 0.270 e. The molecule has 1 unspecified atom stereocenters. The molecule has 1 heterocycles. The average Bonchev–Trinajstić information content (AvgIpc) is 2.48. The molecule has 2 rings (SSSR count). The van der Waals surface area contributed by atoms with Gasteiger partial charge in [-0.25, -0.2) is 4.39 Å². The highest BCUT2D eigenvalue weighted by atomic mass is 19.1. The molecule has 0 aliphatic heterocycles. The molecule has 0 saturated heterocycles. The van der Waals surface area contributed by atoms with Crippen molar-refractivity contribution in [3.05, 3.63) is 69.9 Å². The first kappa shape index (κ1) is 15.0. The van der Waals surface area contributed by atoms with Gasteiger partial charge in [0.25, 0.3) is 5.91 Å². The number of aromatic nitrogens is 1. The van der Waals surface area contributed by atoms with Crippen LogP contribution in [0, 0.1) is 5.82 Å². The number of amides is 1. The van der Waals surface area contributed by atoms with E-state index in [0.717, 1.165) is 5.56 Å². The lowest BCUT2D eigenvalue weighted by Crippen LogP contribution is -2.34. The number of rotatable bonds is 4. The number of pyridine rings is 1. The first-order valence-electron chi connectivity index (χ1n) is 6.78. The Morgan fingerprint density at radius 2 is 1.90 bits per heavy atom. The van der Waals surface area contributed by atoms with Gasteiger partial charge in [-0.15, -0.1) is 0 Å². The second-order valence-corrected chi connectivity index (χ2v) is 4.75. The molecule has 0 aliphatic rings. The lowest BCUT2D eigenvalue weighted by molar-refractivity contribution is 0.0696. The molecule has 110 valence electrons. The second-order valence-electron chi connectivity index (χ2n) is 4.75. The van der Waals surface area contributed by atoms with Crippen LogP contribution < -0.4 is 5.56 Å². The number of benzene rings is 1. The lowest BCUT2D eigenvalue weighted by Gasteiger charge is -2.28. The molecular weight excluding hydrogens is 271 g/mol. The summed E-state index contributed by atoms with van der Waals surface area (Å²) in [5, 5.41) is 0. The van der Waals surface area contributed by atoms with Crippen molar-refractivity contribution in [1.29, 1.82) is 0 Å². The molecule has 1 aromatic heterocycles. The maximum Gasteiger partial charge on any atom is 0.270 e. The van der Waals surface area contributed by atoms with Crippen LogP contribution in [-0.4, -0.2) is 22.3 Å². The molecule has 0 fully saturated rings. The number of nitrogens with zero attached hydrogens (tertiary/aromatic N) is 1. The summed E-state index contributed by atoms with van der Waals surface area (Å²) in [6, 6.07) is 10.3. The Bertz CT molecular complexity index is 679. The van der Waals surface area contributed by atoms with Crippen LogP contribution in [0.4, 0.5) is 4.39 Å². The SMILES string of the molecule is CCN(C(=O)c1cccc(=O)[nH]1)C(C)c1ccc(F)cc1. The van der Waals surface area contributed by atoms with Crippen molar-refractivity contribution in [2.24, 2.45) is 0 Å². The minimum Gasteiger partial charge on any atom is -0.331 e. The maximum absolute atomic E-state index is 13.0. The highest BCUT2D eigenvalue weighted by molar-refractivity contribution is 5.92. The Morgan fingerprint density at radius 3 is 2.48 bits per heavy atom. The largest absolute Gasteiger partial charge is 0.331 e. The van der Waals surface area contributed by atoms with Gasteiger partial charge in [0.2, 0.25) is 5.56 Å². The van der Waals surface area contributed by atoms with Crippen molar-refractivity contribution < 1.29 is 9.18 Å². The van der Waals surface area contributed by atoms with Gasteiger partial charge in [-0.2, -0.15) is 0 Å². The Hall–Kier alpha value is -2.43. The zero-order valence-corrected chi connectivity index (χ0v) is 12.0.